The maximum Gasteiger partial charge on any atom is 0.345 e. The number of carbonyl (C=O) groups excluding carboxylic acids is 2. The third kappa shape index (κ3) is 3.42. The minimum absolute atomic E-state index is 0.129. The zero-order chi connectivity index (χ0) is 18.5. The van der Waals surface area contributed by atoms with Crippen molar-refractivity contribution < 1.29 is 19.1 Å². The average Bonchev–Trinajstić information content (AvgIpc) is 2.65. The van der Waals surface area contributed by atoms with E-state index in [4.69, 9.17) is 9.47 Å². The monoisotopic (exact) mass is 349 g/mol. The molecule has 26 heavy (non-hydrogen) atoms. The number of nitrogens with zero attached hydrogens (tertiary/aromatic N) is 1. The molecule has 0 unspecified atom stereocenters. The first kappa shape index (κ1) is 17.6. The van der Waals surface area contributed by atoms with Crippen molar-refractivity contribution in [3.05, 3.63) is 59.7 Å². The highest BCUT2D eigenvalue weighted by Crippen LogP contribution is 2.28. The number of para-hydroxylation sites is 2. The number of ether oxygens (including phenoxy) is 2. The SMILES string of the molecule is CCOC(=O)C(=Cc1c2ccccc2nc2ccccc12)C(=O)OCC. The molecular weight excluding hydrogens is 330 g/mol. The normalized spacial score (nSPS) is 10.5. The van der Waals surface area contributed by atoms with Gasteiger partial charge in [-0.3, -0.25) is 0 Å². The van der Waals surface area contributed by atoms with E-state index in [1.807, 2.05) is 48.5 Å². The van der Waals surface area contributed by atoms with Crippen LogP contribution in [-0.4, -0.2) is 30.1 Å². The van der Waals surface area contributed by atoms with Crippen molar-refractivity contribution in [1.29, 1.82) is 0 Å². The molecule has 5 nitrogen and oxygen atoms in total. The van der Waals surface area contributed by atoms with Gasteiger partial charge in [0.05, 0.1) is 24.2 Å². The molecule has 132 valence electrons. The Morgan fingerprint density at radius 3 is 1.77 bits per heavy atom. The molecule has 0 bridgehead atoms. The molecule has 0 atom stereocenters. The molecule has 0 aliphatic carbocycles. The van der Waals surface area contributed by atoms with Gasteiger partial charge in [0.25, 0.3) is 0 Å². The molecule has 2 aromatic carbocycles. The van der Waals surface area contributed by atoms with E-state index in [2.05, 4.69) is 4.98 Å². The van der Waals surface area contributed by atoms with Gasteiger partial charge in [-0.1, -0.05) is 36.4 Å². The predicted octanol–water partition coefficient (Wildman–Crippen LogP) is 3.90. The zero-order valence-corrected chi connectivity index (χ0v) is 14.7. The third-order valence-electron chi connectivity index (χ3n) is 3.91. The summed E-state index contributed by atoms with van der Waals surface area (Å²) in [6, 6.07) is 15.2. The number of pyridine rings is 1. The largest absolute Gasteiger partial charge is 0.462 e. The van der Waals surface area contributed by atoms with E-state index in [1.165, 1.54) is 0 Å². The quantitative estimate of drug-likeness (QED) is 0.230. The number of hydrogen-bond acceptors (Lipinski definition) is 5. The van der Waals surface area contributed by atoms with Crippen LogP contribution in [0.5, 0.6) is 0 Å². The van der Waals surface area contributed by atoms with Crippen molar-refractivity contribution in [1.82, 2.24) is 4.98 Å². The van der Waals surface area contributed by atoms with Gasteiger partial charge in [0.1, 0.15) is 5.57 Å². The minimum atomic E-state index is -0.698. The Balaban J connectivity index is 2.30. The average molecular weight is 349 g/mol. The number of carbonyl (C=O) groups is 2. The summed E-state index contributed by atoms with van der Waals surface area (Å²) in [4.78, 5) is 29.3. The van der Waals surface area contributed by atoms with Crippen LogP contribution in [0.15, 0.2) is 54.1 Å². The van der Waals surface area contributed by atoms with E-state index in [1.54, 1.807) is 19.9 Å². The van der Waals surface area contributed by atoms with Crippen LogP contribution in [0.4, 0.5) is 0 Å². The topological polar surface area (TPSA) is 65.5 Å². The summed E-state index contributed by atoms with van der Waals surface area (Å²) in [5, 5.41) is 1.69. The van der Waals surface area contributed by atoms with Crippen LogP contribution in [0.3, 0.4) is 0 Å². The summed E-state index contributed by atoms with van der Waals surface area (Å²) in [6.45, 7) is 3.73. The molecule has 0 radical (unpaired) electrons. The maximum absolute atomic E-state index is 12.3. The van der Waals surface area contributed by atoms with E-state index in [0.29, 0.717) is 0 Å². The van der Waals surface area contributed by atoms with Crippen molar-refractivity contribution >= 4 is 39.8 Å². The second-order valence-corrected chi connectivity index (χ2v) is 5.56. The fourth-order valence-corrected chi connectivity index (χ4v) is 2.79. The number of rotatable bonds is 5. The Morgan fingerprint density at radius 1 is 0.846 bits per heavy atom. The molecule has 0 saturated heterocycles. The predicted molar refractivity (Wildman–Crippen MR) is 100 cm³/mol. The smallest absolute Gasteiger partial charge is 0.345 e. The van der Waals surface area contributed by atoms with Gasteiger partial charge < -0.3 is 9.47 Å². The van der Waals surface area contributed by atoms with Gasteiger partial charge in [-0.25, -0.2) is 14.6 Å². The number of esters is 2. The third-order valence-corrected chi connectivity index (χ3v) is 3.91. The first-order valence-corrected chi connectivity index (χ1v) is 8.49. The second-order valence-electron chi connectivity index (χ2n) is 5.56. The summed E-state index contributed by atoms with van der Waals surface area (Å²) in [7, 11) is 0. The molecule has 0 aliphatic heterocycles. The molecule has 3 aromatic rings. The fraction of sp³-hybridized carbons (Fsp3) is 0.190. The lowest BCUT2D eigenvalue weighted by Gasteiger charge is -2.10. The molecule has 0 saturated carbocycles. The highest BCUT2D eigenvalue weighted by atomic mass is 16.6. The summed E-state index contributed by atoms with van der Waals surface area (Å²) < 4.78 is 10.1. The van der Waals surface area contributed by atoms with Gasteiger partial charge in [-0.15, -0.1) is 0 Å². The second kappa shape index (κ2) is 7.78. The van der Waals surface area contributed by atoms with Crippen LogP contribution in [0.25, 0.3) is 27.9 Å². The lowest BCUT2D eigenvalue weighted by atomic mass is 10.00. The van der Waals surface area contributed by atoms with Crippen LogP contribution in [0.2, 0.25) is 0 Å². The number of fused-ring (bicyclic) bond motifs is 2. The van der Waals surface area contributed by atoms with Gasteiger partial charge in [-0.05, 0) is 37.6 Å². The van der Waals surface area contributed by atoms with Gasteiger partial charge in [0.15, 0.2) is 0 Å². The molecule has 5 heteroatoms. The number of benzene rings is 2. The molecule has 3 rings (SSSR count). The summed E-state index contributed by atoms with van der Waals surface area (Å²) in [5.74, 6) is -1.40. The Hall–Kier alpha value is -3.21. The van der Waals surface area contributed by atoms with Crippen LogP contribution >= 0.6 is 0 Å². The van der Waals surface area contributed by atoms with Crippen molar-refractivity contribution in [3.63, 3.8) is 0 Å². The fourth-order valence-electron chi connectivity index (χ4n) is 2.79. The van der Waals surface area contributed by atoms with Crippen LogP contribution in [0.1, 0.15) is 19.4 Å². The molecule has 0 N–H and O–H groups in total. The molecule has 0 amide bonds. The Bertz CT molecular complexity index is 933. The lowest BCUT2D eigenvalue weighted by molar-refractivity contribution is -0.146. The molecule has 1 heterocycles. The van der Waals surface area contributed by atoms with E-state index in [0.717, 1.165) is 27.4 Å². The van der Waals surface area contributed by atoms with Crippen LogP contribution in [-0.2, 0) is 19.1 Å². The highest BCUT2D eigenvalue weighted by Gasteiger charge is 2.22. The Kier molecular flexibility index (Phi) is 5.27. The summed E-state index contributed by atoms with van der Waals surface area (Å²) in [5.41, 5.74) is 2.17. The van der Waals surface area contributed by atoms with Crippen molar-refractivity contribution in [2.45, 2.75) is 13.8 Å². The highest BCUT2D eigenvalue weighted by molar-refractivity contribution is 6.20. The molecule has 0 aliphatic rings. The zero-order valence-electron chi connectivity index (χ0n) is 14.7. The molecular formula is C21H19NO4. The molecule has 1 aromatic heterocycles. The summed E-state index contributed by atoms with van der Waals surface area (Å²) in [6.07, 6.45) is 1.54. The van der Waals surface area contributed by atoms with Crippen molar-refractivity contribution in [3.8, 4) is 0 Å². The van der Waals surface area contributed by atoms with E-state index >= 15 is 0 Å². The lowest BCUT2D eigenvalue weighted by Crippen LogP contribution is -2.18. The van der Waals surface area contributed by atoms with Crippen LogP contribution in [0, 0.1) is 0 Å². The summed E-state index contributed by atoms with van der Waals surface area (Å²) >= 11 is 0. The number of aromatic nitrogens is 1. The van der Waals surface area contributed by atoms with Gasteiger partial charge in [-0.2, -0.15) is 0 Å². The Labute approximate surface area is 151 Å². The van der Waals surface area contributed by atoms with E-state index in [-0.39, 0.29) is 18.8 Å². The van der Waals surface area contributed by atoms with Gasteiger partial charge in [0, 0.05) is 10.8 Å². The van der Waals surface area contributed by atoms with E-state index < -0.39 is 11.9 Å². The first-order valence-electron chi connectivity index (χ1n) is 8.49. The van der Waals surface area contributed by atoms with Crippen molar-refractivity contribution in [2.75, 3.05) is 13.2 Å². The van der Waals surface area contributed by atoms with E-state index in [9.17, 15) is 9.59 Å². The van der Waals surface area contributed by atoms with Gasteiger partial charge >= 0.3 is 11.9 Å². The van der Waals surface area contributed by atoms with Crippen LogP contribution < -0.4 is 0 Å². The standard InChI is InChI=1S/C21H19NO4/c1-3-25-20(23)17(21(24)26-4-2)13-16-14-9-5-7-11-18(14)22-19-12-8-6-10-15(16)19/h5-13H,3-4H2,1-2H3. The Morgan fingerprint density at radius 2 is 1.31 bits per heavy atom. The number of hydrogen-bond donors (Lipinski definition) is 0. The minimum Gasteiger partial charge on any atom is -0.462 e. The van der Waals surface area contributed by atoms with Crippen molar-refractivity contribution in [2.24, 2.45) is 0 Å². The molecule has 0 fully saturated rings. The maximum atomic E-state index is 12.3. The molecule has 0 spiro atoms. The first-order chi connectivity index (χ1) is 12.7. The van der Waals surface area contributed by atoms with Gasteiger partial charge in [0.2, 0.25) is 0 Å².